The van der Waals surface area contributed by atoms with Crippen LogP contribution in [0.15, 0.2) is 90.4 Å². The van der Waals surface area contributed by atoms with Gasteiger partial charge in [0.2, 0.25) is 5.91 Å². The van der Waals surface area contributed by atoms with Gasteiger partial charge in [0.1, 0.15) is 6.10 Å². The highest BCUT2D eigenvalue weighted by atomic mass is 16.6. The Morgan fingerprint density at radius 2 is 1.84 bits per heavy atom. The lowest BCUT2D eigenvalue weighted by Gasteiger charge is -2.09. The molecule has 3 aromatic rings. The number of carbonyl (C=O) groups excluding carboxylic acids is 2. The van der Waals surface area contributed by atoms with Crippen molar-refractivity contribution in [3.05, 3.63) is 102 Å². The number of allylic oxidation sites excluding steroid dienone is 1. The van der Waals surface area contributed by atoms with Gasteiger partial charge in [-0.05, 0) is 48.0 Å². The smallest absolute Gasteiger partial charge is 0.228 e. The molecule has 1 unspecified atom stereocenters. The number of aromatic nitrogens is 1. The predicted molar refractivity (Wildman–Crippen MR) is 120 cm³/mol. The summed E-state index contributed by atoms with van der Waals surface area (Å²) in [6.07, 6.45) is 7.18. The molecule has 4 rings (SSSR count). The van der Waals surface area contributed by atoms with E-state index in [0.717, 1.165) is 16.8 Å². The van der Waals surface area contributed by atoms with Crippen molar-refractivity contribution >= 4 is 29.2 Å². The molecule has 1 aliphatic rings. The fourth-order valence-corrected chi connectivity index (χ4v) is 3.21. The molecular weight excluding hydrogens is 390 g/mol. The van der Waals surface area contributed by atoms with E-state index in [1.165, 1.54) is 0 Å². The minimum absolute atomic E-state index is 0.0961. The first kappa shape index (κ1) is 20.2. The van der Waals surface area contributed by atoms with Gasteiger partial charge in [-0.3, -0.25) is 14.6 Å². The van der Waals surface area contributed by atoms with Crippen LogP contribution in [-0.4, -0.2) is 28.5 Å². The summed E-state index contributed by atoms with van der Waals surface area (Å²) >= 11 is 0. The predicted octanol–water partition coefficient (Wildman–Crippen LogP) is 4.50. The summed E-state index contributed by atoms with van der Waals surface area (Å²) in [4.78, 5) is 34.1. The lowest BCUT2D eigenvalue weighted by Crippen LogP contribution is -2.20. The Hall–Kier alpha value is -4.06. The number of hydrogen-bond donors (Lipinski definition) is 1. The van der Waals surface area contributed by atoms with E-state index in [2.05, 4.69) is 15.5 Å². The van der Waals surface area contributed by atoms with Crippen LogP contribution in [0.25, 0.3) is 6.08 Å². The van der Waals surface area contributed by atoms with Gasteiger partial charge in [0.05, 0.1) is 12.1 Å². The van der Waals surface area contributed by atoms with Gasteiger partial charge in [0.25, 0.3) is 0 Å². The molecule has 1 aliphatic heterocycles. The number of oxime groups is 1. The van der Waals surface area contributed by atoms with Crippen LogP contribution < -0.4 is 5.32 Å². The van der Waals surface area contributed by atoms with Crippen molar-refractivity contribution in [2.24, 2.45) is 5.16 Å². The van der Waals surface area contributed by atoms with E-state index < -0.39 is 0 Å². The first-order chi connectivity index (χ1) is 15.2. The molecule has 0 saturated heterocycles. The van der Waals surface area contributed by atoms with Crippen LogP contribution >= 0.6 is 0 Å². The highest BCUT2D eigenvalue weighted by Crippen LogP contribution is 2.19. The van der Waals surface area contributed by atoms with Gasteiger partial charge in [-0.1, -0.05) is 41.6 Å². The van der Waals surface area contributed by atoms with Crippen molar-refractivity contribution in [3.8, 4) is 0 Å². The lowest BCUT2D eigenvalue weighted by molar-refractivity contribution is -0.118. The number of carbonyl (C=O) groups is 2. The highest BCUT2D eigenvalue weighted by Gasteiger charge is 2.24. The van der Waals surface area contributed by atoms with E-state index in [-0.39, 0.29) is 24.2 Å². The first-order valence-corrected chi connectivity index (χ1v) is 9.98. The van der Waals surface area contributed by atoms with Crippen LogP contribution in [0.5, 0.6) is 0 Å². The summed E-state index contributed by atoms with van der Waals surface area (Å²) in [5.74, 6) is -0.267. The van der Waals surface area contributed by atoms with Crippen molar-refractivity contribution in [1.29, 1.82) is 0 Å². The Labute approximate surface area is 180 Å². The molecule has 0 saturated carbocycles. The molecule has 1 amide bonds. The molecule has 0 spiro atoms. The number of benzene rings is 2. The van der Waals surface area contributed by atoms with E-state index in [1.807, 2.05) is 42.5 Å². The van der Waals surface area contributed by atoms with Crippen LogP contribution in [-0.2, 0) is 9.63 Å². The topological polar surface area (TPSA) is 80.7 Å². The first-order valence-electron chi connectivity index (χ1n) is 9.98. The third-order valence-corrected chi connectivity index (χ3v) is 4.82. The summed E-state index contributed by atoms with van der Waals surface area (Å²) in [6, 6.07) is 20.2. The molecule has 0 fully saturated rings. The van der Waals surface area contributed by atoms with E-state index in [4.69, 9.17) is 4.84 Å². The summed E-state index contributed by atoms with van der Waals surface area (Å²) in [5, 5.41) is 6.91. The fourth-order valence-electron chi connectivity index (χ4n) is 3.21. The average Bonchev–Trinajstić information content (AvgIpc) is 3.27. The molecule has 1 atom stereocenters. The molecule has 0 bridgehead atoms. The third-order valence-electron chi connectivity index (χ3n) is 4.82. The summed E-state index contributed by atoms with van der Waals surface area (Å²) in [7, 11) is 0. The quantitative estimate of drug-likeness (QED) is 0.459. The van der Waals surface area contributed by atoms with E-state index in [9.17, 15) is 9.59 Å². The van der Waals surface area contributed by atoms with Gasteiger partial charge in [0, 0.05) is 35.6 Å². The normalized spacial score (nSPS) is 15.4. The van der Waals surface area contributed by atoms with Gasteiger partial charge >= 0.3 is 0 Å². The van der Waals surface area contributed by atoms with Gasteiger partial charge in [0.15, 0.2) is 5.78 Å². The number of rotatable bonds is 7. The molecule has 0 aliphatic carbocycles. The minimum Gasteiger partial charge on any atom is -0.391 e. The van der Waals surface area contributed by atoms with Crippen molar-refractivity contribution in [2.45, 2.75) is 18.9 Å². The SMILES string of the molecule is O=C(CC1CC(c2cccnc2)=NO1)Nc1ccc(C(=O)/C=C/c2ccccc2)cc1. The van der Waals surface area contributed by atoms with Gasteiger partial charge in [-0.25, -0.2) is 0 Å². The molecule has 6 nitrogen and oxygen atoms in total. The molecule has 1 N–H and O–H groups in total. The van der Waals surface area contributed by atoms with Crippen LogP contribution in [0.3, 0.4) is 0 Å². The zero-order valence-electron chi connectivity index (χ0n) is 16.8. The van der Waals surface area contributed by atoms with Crippen LogP contribution in [0.4, 0.5) is 5.69 Å². The van der Waals surface area contributed by atoms with E-state index in [1.54, 1.807) is 48.8 Å². The Balaban J connectivity index is 1.28. The van der Waals surface area contributed by atoms with Crippen molar-refractivity contribution in [3.63, 3.8) is 0 Å². The lowest BCUT2D eigenvalue weighted by atomic mass is 10.0. The number of hydrogen-bond acceptors (Lipinski definition) is 5. The van der Waals surface area contributed by atoms with Gasteiger partial charge in [-0.2, -0.15) is 0 Å². The monoisotopic (exact) mass is 411 g/mol. The van der Waals surface area contributed by atoms with Gasteiger partial charge < -0.3 is 10.2 Å². The molecule has 2 aromatic carbocycles. The second-order valence-corrected chi connectivity index (χ2v) is 7.15. The summed E-state index contributed by atoms with van der Waals surface area (Å²) < 4.78 is 0. The maximum Gasteiger partial charge on any atom is 0.228 e. The van der Waals surface area contributed by atoms with Crippen LogP contribution in [0, 0.1) is 0 Å². The number of amides is 1. The number of ketones is 1. The Morgan fingerprint density at radius 1 is 1.03 bits per heavy atom. The summed E-state index contributed by atoms with van der Waals surface area (Å²) in [5.41, 5.74) is 3.83. The van der Waals surface area contributed by atoms with Crippen molar-refractivity contribution in [2.75, 3.05) is 5.32 Å². The molecule has 154 valence electrons. The average molecular weight is 411 g/mol. The highest BCUT2D eigenvalue weighted by molar-refractivity contribution is 6.07. The third kappa shape index (κ3) is 5.51. The molecule has 31 heavy (non-hydrogen) atoms. The maximum atomic E-state index is 12.4. The van der Waals surface area contributed by atoms with Crippen molar-refractivity contribution < 1.29 is 14.4 Å². The van der Waals surface area contributed by atoms with E-state index >= 15 is 0 Å². The summed E-state index contributed by atoms with van der Waals surface area (Å²) in [6.45, 7) is 0. The molecule has 6 heteroatoms. The zero-order chi connectivity index (χ0) is 21.5. The molecule has 2 heterocycles. The fraction of sp³-hybridized carbons (Fsp3) is 0.120. The maximum absolute atomic E-state index is 12.4. The van der Waals surface area contributed by atoms with Gasteiger partial charge in [-0.15, -0.1) is 0 Å². The van der Waals surface area contributed by atoms with E-state index in [0.29, 0.717) is 17.7 Å². The van der Waals surface area contributed by atoms with Crippen LogP contribution in [0.1, 0.15) is 34.3 Å². The number of nitrogens with zero attached hydrogens (tertiary/aromatic N) is 2. The van der Waals surface area contributed by atoms with Crippen molar-refractivity contribution in [1.82, 2.24) is 4.98 Å². The standard InChI is InChI=1S/C25H21N3O3/c29-24(13-8-18-5-2-1-3-6-18)19-9-11-21(12-10-19)27-25(30)16-22-15-23(28-31-22)20-7-4-14-26-17-20/h1-14,17,22H,15-16H2,(H,27,30)/b13-8+. The van der Waals surface area contributed by atoms with Crippen LogP contribution in [0.2, 0.25) is 0 Å². The Morgan fingerprint density at radius 3 is 2.58 bits per heavy atom. The molecular formula is C25H21N3O3. The molecule has 0 radical (unpaired) electrons. The largest absolute Gasteiger partial charge is 0.391 e. The Kier molecular flexibility index (Phi) is 6.28. The second kappa shape index (κ2) is 9.63. The second-order valence-electron chi connectivity index (χ2n) is 7.15. The minimum atomic E-state index is -0.306. The molecule has 1 aromatic heterocycles. The number of nitrogens with one attached hydrogen (secondary N) is 1. The Bertz CT molecular complexity index is 1110. The number of pyridine rings is 1. The zero-order valence-corrected chi connectivity index (χ0v) is 16.8. The number of anilines is 1.